The highest BCUT2D eigenvalue weighted by Crippen LogP contribution is 2.26. The van der Waals surface area contributed by atoms with Crippen molar-refractivity contribution in [1.82, 2.24) is 4.31 Å². The minimum absolute atomic E-state index is 0.0525. The summed E-state index contributed by atoms with van der Waals surface area (Å²) in [5.74, 6) is -0.240. The van der Waals surface area contributed by atoms with Gasteiger partial charge in [0.2, 0.25) is 15.9 Å². The maximum Gasteiger partial charge on any atom is 0.243 e. The summed E-state index contributed by atoms with van der Waals surface area (Å²) < 4.78 is 27.1. The highest BCUT2D eigenvalue weighted by molar-refractivity contribution is 7.89. The van der Waals surface area contributed by atoms with Gasteiger partial charge in [-0.05, 0) is 50.1 Å². The molecule has 0 aliphatic carbocycles. The number of rotatable bonds is 5. The van der Waals surface area contributed by atoms with E-state index in [4.69, 9.17) is 0 Å². The lowest BCUT2D eigenvalue weighted by Gasteiger charge is -2.30. The van der Waals surface area contributed by atoms with E-state index in [1.165, 1.54) is 4.31 Å². The molecule has 2 aromatic carbocycles. The molecule has 1 aliphatic rings. The number of aryl methyl sites for hydroxylation is 1. The van der Waals surface area contributed by atoms with E-state index in [9.17, 15) is 13.2 Å². The molecule has 1 N–H and O–H groups in total. The predicted octanol–water partition coefficient (Wildman–Crippen LogP) is 3.10. The number of piperidine rings is 1. The zero-order valence-electron chi connectivity index (χ0n) is 16.6. The van der Waals surface area contributed by atoms with Gasteiger partial charge in [-0.15, -0.1) is 0 Å². The first kappa shape index (κ1) is 20.4. The number of benzene rings is 2. The normalized spacial score (nSPS) is 16.0. The van der Waals surface area contributed by atoms with Crippen molar-refractivity contribution in [2.24, 2.45) is 5.92 Å². The van der Waals surface area contributed by atoms with Crippen molar-refractivity contribution in [3.63, 3.8) is 0 Å². The van der Waals surface area contributed by atoms with Crippen LogP contribution in [0.3, 0.4) is 0 Å². The molecule has 3 rings (SSSR count). The Labute approximate surface area is 167 Å². The molecule has 1 fully saturated rings. The summed E-state index contributed by atoms with van der Waals surface area (Å²) in [6.45, 7) is 2.63. The Hall–Kier alpha value is -2.38. The zero-order valence-corrected chi connectivity index (χ0v) is 17.4. The first-order chi connectivity index (χ1) is 13.3. The van der Waals surface area contributed by atoms with Gasteiger partial charge in [-0.1, -0.05) is 23.8 Å². The van der Waals surface area contributed by atoms with E-state index < -0.39 is 10.0 Å². The van der Waals surface area contributed by atoms with Crippen molar-refractivity contribution in [2.75, 3.05) is 37.4 Å². The molecule has 1 aliphatic heterocycles. The zero-order chi connectivity index (χ0) is 20.3. The Bertz CT molecular complexity index is 932. The molecule has 0 bridgehead atoms. The Morgan fingerprint density at radius 1 is 1.07 bits per heavy atom. The van der Waals surface area contributed by atoms with Crippen LogP contribution in [-0.4, -0.2) is 45.8 Å². The van der Waals surface area contributed by atoms with E-state index >= 15 is 0 Å². The summed E-state index contributed by atoms with van der Waals surface area (Å²) in [7, 11) is 0.393. The third-order valence-electron chi connectivity index (χ3n) is 5.11. The molecule has 1 heterocycles. The number of anilines is 2. The number of sulfonamides is 1. The standard InChI is InChI=1S/C21H27N3O3S/c1-16-7-9-20(10-8-16)28(26,27)24-13-11-17(12-14-24)21(25)22-18-5-4-6-19(15-18)23(2)3/h4-10,15,17H,11-14H2,1-3H3,(H,22,25). The van der Waals surface area contributed by atoms with Crippen molar-refractivity contribution in [1.29, 1.82) is 0 Å². The molecule has 28 heavy (non-hydrogen) atoms. The average Bonchev–Trinajstić information content (AvgIpc) is 2.68. The van der Waals surface area contributed by atoms with Crippen LogP contribution in [0.2, 0.25) is 0 Å². The maximum absolute atomic E-state index is 12.8. The summed E-state index contributed by atoms with van der Waals surface area (Å²) >= 11 is 0. The molecule has 0 radical (unpaired) electrons. The number of hydrogen-bond acceptors (Lipinski definition) is 4. The Balaban J connectivity index is 1.61. The third-order valence-corrected chi connectivity index (χ3v) is 7.03. The molecule has 1 amide bonds. The Morgan fingerprint density at radius 2 is 1.71 bits per heavy atom. The molecule has 7 heteroatoms. The topological polar surface area (TPSA) is 69.7 Å². The van der Waals surface area contributed by atoms with Gasteiger partial charge < -0.3 is 10.2 Å². The first-order valence-electron chi connectivity index (χ1n) is 9.42. The van der Waals surface area contributed by atoms with Crippen LogP contribution in [0.1, 0.15) is 18.4 Å². The van der Waals surface area contributed by atoms with Gasteiger partial charge in [0.1, 0.15) is 0 Å². The van der Waals surface area contributed by atoms with Gasteiger partial charge in [-0.25, -0.2) is 8.42 Å². The van der Waals surface area contributed by atoms with Crippen molar-refractivity contribution in [2.45, 2.75) is 24.7 Å². The quantitative estimate of drug-likeness (QED) is 0.836. The number of nitrogens with zero attached hydrogens (tertiary/aromatic N) is 2. The monoisotopic (exact) mass is 401 g/mol. The van der Waals surface area contributed by atoms with Crippen molar-refractivity contribution in [3.05, 3.63) is 54.1 Å². The molecule has 1 saturated heterocycles. The van der Waals surface area contributed by atoms with Crippen molar-refractivity contribution < 1.29 is 13.2 Å². The molecule has 0 saturated carbocycles. The molecule has 6 nitrogen and oxygen atoms in total. The second kappa shape index (κ2) is 8.32. The fraction of sp³-hybridized carbons (Fsp3) is 0.381. The summed E-state index contributed by atoms with van der Waals surface area (Å²) in [4.78, 5) is 14.9. The summed E-state index contributed by atoms with van der Waals surface area (Å²) in [5.41, 5.74) is 2.79. The van der Waals surface area contributed by atoms with E-state index in [0.29, 0.717) is 30.8 Å². The molecular formula is C21H27N3O3S. The molecule has 0 unspecified atom stereocenters. The fourth-order valence-electron chi connectivity index (χ4n) is 3.32. The molecule has 0 aromatic heterocycles. The minimum atomic E-state index is -3.51. The highest BCUT2D eigenvalue weighted by Gasteiger charge is 2.32. The number of carbonyl (C=O) groups excluding carboxylic acids is 1. The predicted molar refractivity (Wildman–Crippen MR) is 112 cm³/mol. The van der Waals surface area contributed by atoms with Crippen LogP contribution in [0, 0.1) is 12.8 Å². The lowest BCUT2D eigenvalue weighted by atomic mass is 9.97. The fourth-order valence-corrected chi connectivity index (χ4v) is 4.79. The van der Waals surface area contributed by atoms with Gasteiger partial charge in [-0.2, -0.15) is 4.31 Å². The summed E-state index contributed by atoms with van der Waals surface area (Å²) in [6, 6.07) is 14.6. The minimum Gasteiger partial charge on any atom is -0.378 e. The second-order valence-electron chi connectivity index (χ2n) is 7.43. The van der Waals surface area contributed by atoms with Crippen LogP contribution in [0.15, 0.2) is 53.4 Å². The van der Waals surface area contributed by atoms with Crippen LogP contribution < -0.4 is 10.2 Å². The summed E-state index contributed by atoms with van der Waals surface area (Å²) in [6.07, 6.45) is 1.04. The maximum atomic E-state index is 12.8. The van der Waals surface area contributed by atoms with E-state index in [0.717, 1.165) is 16.9 Å². The van der Waals surface area contributed by atoms with Gasteiger partial charge in [0.25, 0.3) is 0 Å². The molecule has 0 spiro atoms. The van der Waals surface area contributed by atoms with Crippen LogP contribution >= 0.6 is 0 Å². The highest BCUT2D eigenvalue weighted by atomic mass is 32.2. The van der Waals surface area contributed by atoms with Crippen LogP contribution in [0.25, 0.3) is 0 Å². The number of carbonyl (C=O) groups is 1. The van der Waals surface area contributed by atoms with E-state index in [2.05, 4.69) is 5.32 Å². The lowest BCUT2D eigenvalue weighted by molar-refractivity contribution is -0.120. The van der Waals surface area contributed by atoms with Crippen LogP contribution in [0.4, 0.5) is 11.4 Å². The van der Waals surface area contributed by atoms with E-state index in [1.54, 1.807) is 24.3 Å². The summed E-state index contributed by atoms with van der Waals surface area (Å²) in [5, 5.41) is 2.96. The SMILES string of the molecule is Cc1ccc(S(=O)(=O)N2CCC(C(=O)Nc3cccc(N(C)C)c3)CC2)cc1. The number of nitrogens with one attached hydrogen (secondary N) is 1. The van der Waals surface area contributed by atoms with Crippen molar-refractivity contribution >= 4 is 27.3 Å². The first-order valence-corrected chi connectivity index (χ1v) is 10.9. The molecule has 0 atom stereocenters. The smallest absolute Gasteiger partial charge is 0.243 e. The molecule has 2 aromatic rings. The van der Waals surface area contributed by atoms with Gasteiger partial charge >= 0.3 is 0 Å². The van der Waals surface area contributed by atoms with Gasteiger partial charge in [0.05, 0.1) is 4.90 Å². The van der Waals surface area contributed by atoms with Crippen LogP contribution in [0.5, 0.6) is 0 Å². The average molecular weight is 402 g/mol. The second-order valence-corrected chi connectivity index (χ2v) is 9.36. The molecular weight excluding hydrogens is 374 g/mol. The third kappa shape index (κ3) is 4.54. The lowest BCUT2D eigenvalue weighted by Crippen LogP contribution is -2.41. The van der Waals surface area contributed by atoms with Crippen molar-refractivity contribution in [3.8, 4) is 0 Å². The van der Waals surface area contributed by atoms with Gasteiger partial charge in [0, 0.05) is 44.5 Å². The largest absolute Gasteiger partial charge is 0.378 e. The number of amides is 1. The Morgan fingerprint density at radius 3 is 2.32 bits per heavy atom. The van der Waals surface area contributed by atoms with Gasteiger partial charge in [0.15, 0.2) is 0 Å². The Kier molecular flexibility index (Phi) is 6.05. The molecule has 150 valence electrons. The van der Waals surface area contributed by atoms with E-state index in [1.807, 2.05) is 50.2 Å². The number of hydrogen-bond donors (Lipinski definition) is 1. The van der Waals surface area contributed by atoms with Gasteiger partial charge in [-0.3, -0.25) is 4.79 Å². The van der Waals surface area contributed by atoms with E-state index in [-0.39, 0.29) is 11.8 Å². The van der Waals surface area contributed by atoms with Crippen LogP contribution in [-0.2, 0) is 14.8 Å².